The fourth-order valence-corrected chi connectivity index (χ4v) is 15.4. The lowest BCUT2D eigenvalue weighted by Crippen LogP contribution is -2.74. The van der Waals surface area contributed by atoms with Crippen LogP contribution in [-0.4, -0.2) is 12.6 Å². The first-order valence-electron chi connectivity index (χ1n) is 23.1. The highest BCUT2D eigenvalue weighted by atomic mass is 28.3. The van der Waals surface area contributed by atoms with Crippen molar-refractivity contribution in [1.29, 1.82) is 0 Å². The van der Waals surface area contributed by atoms with E-state index in [0.717, 1.165) is 28.3 Å². The Morgan fingerprint density at radius 3 is 1.45 bits per heavy atom. The molecule has 0 spiro atoms. The van der Waals surface area contributed by atoms with Crippen molar-refractivity contribution in [2.75, 3.05) is 4.90 Å². The van der Waals surface area contributed by atoms with Crippen molar-refractivity contribution in [2.45, 2.75) is 0 Å². The van der Waals surface area contributed by atoms with E-state index in [-0.39, 0.29) is 0 Å². The van der Waals surface area contributed by atoms with Crippen molar-refractivity contribution in [3.63, 3.8) is 0 Å². The summed E-state index contributed by atoms with van der Waals surface area (Å²) in [5, 5.41) is 10.3. The average Bonchev–Trinajstić information content (AvgIpc) is 3.76. The summed E-state index contributed by atoms with van der Waals surface area (Å²) in [5.74, 6) is 0. The van der Waals surface area contributed by atoms with E-state index in [0.29, 0.717) is 0 Å². The second-order valence-corrected chi connectivity index (χ2v) is 21.0. The molecule has 0 unspecified atom stereocenters. The van der Waals surface area contributed by atoms with E-state index in [1.165, 1.54) is 70.1 Å². The molecule has 1 aromatic heterocycles. The Morgan fingerprint density at radius 2 is 0.776 bits per heavy atom. The van der Waals surface area contributed by atoms with Gasteiger partial charge in [-0.1, -0.05) is 231 Å². The summed E-state index contributed by atoms with van der Waals surface area (Å²) in [6, 6.07) is 103. The van der Waals surface area contributed by atoms with Crippen LogP contribution in [0.3, 0.4) is 0 Å². The largest absolute Gasteiger partial charge is 0.309 e. The molecule has 0 saturated carbocycles. The molecule has 0 aliphatic heterocycles. The normalized spacial score (nSPS) is 11.6. The van der Waals surface area contributed by atoms with Crippen molar-refractivity contribution in [3.05, 3.63) is 279 Å². The van der Waals surface area contributed by atoms with E-state index >= 15 is 0 Å². The SMILES string of the molecule is c1ccc(-c2cccc3c(N(c4ccc(-c5cccc([Si](c6ccccc6)(c6ccccc6)c6ccccc6)c5)cc4)c4cccc5c4c4ccccc4n5-c4ccccc4)cccc23)cc1. The molecule has 1 heterocycles. The molecule has 0 bridgehead atoms. The Kier molecular flexibility index (Phi) is 10.2. The van der Waals surface area contributed by atoms with E-state index in [1.807, 2.05) is 0 Å². The summed E-state index contributed by atoms with van der Waals surface area (Å²) < 4.78 is 2.41. The molecule has 3 heteroatoms. The molecule has 0 aliphatic carbocycles. The number of benzene rings is 11. The molecule has 0 aliphatic rings. The zero-order valence-corrected chi connectivity index (χ0v) is 38.0. The van der Waals surface area contributed by atoms with Gasteiger partial charge in [0.2, 0.25) is 0 Å². The highest BCUT2D eigenvalue weighted by Crippen LogP contribution is 2.46. The summed E-state index contributed by atoms with van der Waals surface area (Å²) >= 11 is 0. The van der Waals surface area contributed by atoms with Crippen LogP contribution < -0.4 is 25.6 Å². The van der Waals surface area contributed by atoms with Crippen LogP contribution in [0, 0.1) is 0 Å². The summed E-state index contributed by atoms with van der Waals surface area (Å²) in [7, 11) is -2.72. The van der Waals surface area contributed by atoms with Crippen molar-refractivity contribution in [2.24, 2.45) is 0 Å². The first-order chi connectivity index (χ1) is 33.3. The molecule has 12 rings (SSSR count). The van der Waals surface area contributed by atoms with E-state index in [1.54, 1.807) is 0 Å². The second-order valence-electron chi connectivity index (χ2n) is 17.2. The second kappa shape index (κ2) is 17.1. The smallest absolute Gasteiger partial charge is 0.179 e. The van der Waals surface area contributed by atoms with Crippen molar-refractivity contribution in [1.82, 2.24) is 4.57 Å². The minimum Gasteiger partial charge on any atom is -0.309 e. The van der Waals surface area contributed by atoms with Crippen LogP contribution in [0.1, 0.15) is 0 Å². The Balaban J connectivity index is 1.06. The fraction of sp³-hybridized carbons (Fsp3) is 0. The highest BCUT2D eigenvalue weighted by Gasteiger charge is 2.41. The van der Waals surface area contributed by atoms with Gasteiger partial charge in [0, 0.05) is 27.5 Å². The molecular formula is C64H46N2Si. The standard InChI is InChI=1S/C64H46N2Si/c1-6-22-48(23-7-1)56-35-19-37-58-57(56)36-20-39-60(58)66(63-41-21-40-62-64(63)59-34-16-17-38-61(59)65(62)50-25-8-2-9-26-50)51-44-42-47(43-45-51)49-24-18-33-55(46-49)67(52-27-10-3-11-28-52,53-29-12-4-13-30-53)54-31-14-5-15-32-54/h1-46H. The van der Waals surface area contributed by atoms with Crippen LogP contribution in [0.4, 0.5) is 17.1 Å². The summed E-state index contributed by atoms with van der Waals surface area (Å²) in [5.41, 5.74) is 11.6. The third-order valence-corrected chi connectivity index (χ3v) is 18.3. The predicted octanol–water partition coefficient (Wildman–Crippen LogP) is 14.1. The van der Waals surface area contributed by atoms with Crippen LogP contribution in [0.25, 0.3) is 60.5 Å². The minimum absolute atomic E-state index is 1.09. The molecule has 0 saturated heterocycles. The quantitative estimate of drug-likeness (QED) is 0.0982. The molecule has 12 aromatic rings. The van der Waals surface area contributed by atoms with E-state index in [2.05, 4.69) is 289 Å². The molecular weight excluding hydrogens is 825 g/mol. The van der Waals surface area contributed by atoms with Gasteiger partial charge in [0.25, 0.3) is 0 Å². The third kappa shape index (κ3) is 6.87. The fourth-order valence-electron chi connectivity index (χ4n) is 10.6. The summed E-state index contributed by atoms with van der Waals surface area (Å²) in [6.45, 7) is 0. The van der Waals surface area contributed by atoms with Gasteiger partial charge in [0.05, 0.1) is 22.4 Å². The van der Waals surface area contributed by atoms with E-state index < -0.39 is 8.07 Å². The molecule has 0 fully saturated rings. The first kappa shape index (κ1) is 40.0. The Morgan fingerprint density at radius 1 is 0.299 bits per heavy atom. The van der Waals surface area contributed by atoms with Gasteiger partial charge in [0.1, 0.15) is 0 Å². The topological polar surface area (TPSA) is 8.17 Å². The minimum atomic E-state index is -2.72. The van der Waals surface area contributed by atoms with E-state index in [4.69, 9.17) is 0 Å². The number of nitrogens with zero attached hydrogens (tertiary/aromatic N) is 2. The average molecular weight is 871 g/mol. The summed E-state index contributed by atoms with van der Waals surface area (Å²) in [6.07, 6.45) is 0. The van der Waals surface area contributed by atoms with Gasteiger partial charge in [-0.05, 0) is 96.9 Å². The predicted molar refractivity (Wildman–Crippen MR) is 287 cm³/mol. The van der Waals surface area contributed by atoms with Gasteiger partial charge in [-0.2, -0.15) is 0 Å². The first-order valence-corrected chi connectivity index (χ1v) is 25.1. The van der Waals surface area contributed by atoms with Gasteiger partial charge in [-0.3, -0.25) is 0 Å². The maximum atomic E-state index is 2.49. The number of hydrogen-bond acceptors (Lipinski definition) is 1. The van der Waals surface area contributed by atoms with Gasteiger partial charge < -0.3 is 9.47 Å². The van der Waals surface area contributed by atoms with E-state index in [9.17, 15) is 0 Å². The maximum absolute atomic E-state index is 2.72. The van der Waals surface area contributed by atoms with Crippen LogP contribution >= 0.6 is 0 Å². The lowest BCUT2D eigenvalue weighted by atomic mass is 9.96. The Bertz CT molecular complexity index is 3570. The molecule has 0 N–H and O–H groups in total. The molecule has 316 valence electrons. The third-order valence-electron chi connectivity index (χ3n) is 13.5. The Hall–Kier alpha value is -8.50. The summed E-state index contributed by atoms with van der Waals surface area (Å²) in [4.78, 5) is 2.49. The molecule has 0 amide bonds. The number of anilines is 3. The number of fused-ring (bicyclic) bond motifs is 4. The van der Waals surface area contributed by atoms with Crippen LogP contribution in [0.2, 0.25) is 0 Å². The van der Waals surface area contributed by atoms with Crippen LogP contribution in [0.15, 0.2) is 279 Å². The van der Waals surface area contributed by atoms with Crippen molar-refractivity contribution < 1.29 is 0 Å². The Labute approximate surface area is 392 Å². The highest BCUT2D eigenvalue weighted by molar-refractivity contribution is 7.19. The monoisotopic (exact) mass is 870 g/mol. The van der Waals surface area contributed by atoms with Gasteiger partial charge in [-0.15, -0.1) is 0 Å². The maximum Gasteiger partial charge on any atom is 0.179 e. The number of rotatable bonds is 10. The number of hydrogen-bond donors (Lipinski definition) is 0. The number of aromatic nitrogens is 1. The molecule has 11 aromatic carbocycles. The molecule has 0 radical (unpaired) electrons. The lowest BCUT2D eigenvalue weighted by Gasteiger charge is -2.34. The van der Waals surface area contributed by atoms with Crippen molar-refractivity contribution in [3.8, 4) is 27.9 Å². The molecule has 67 heavy (non-hydrogen) atoms. The molecule has 2 nitrogen and oxygen atoms in total. The van der Waals surface area contributed by atoms with Crippen molar-refractivity contribution >= 4 is 78.5 Å². The number of para-hydroxylation sites is 2. The van der Waals surface area contributed by atoms with Gasteiger partial charge >= 0.3 is 0 Å². The lowest BCUT2D eigenvalue weighted by molar-refractivity contribution is 1.18. The zero-order chi connectivity index (χ0) is 44.6. The van der Waals surface area contributed by atoms with Gasteiger partial charge in [0.15, 0.2) is 8.07 Å². The van der Waals surface area contributed by atoms with Crippen LogP contribution in [-0.2, 0) is 0 Å². The van der Waals surface area contributed by atoms with Crippen LogP contribution in [0.5, 0.6) is 0 Å². The molecule has 0 atom stereocenters. The zero-order valence-electron chi connectivity index (χ0n) is 37.0. The van der Waals surface area contributed by atoms with Gasteiger partial charge in [-0.25, -0.2) is 0 Å².